The summed E-state index contributed by atoms with van der Waals surface area (Å²) in [5.74, 6) is 0.631. The lowest BCUT2D eigenvalue weighted by Gasteiger charge is -2.23. The molecule has 100 valence electrons. The van der Waals surface area contributed by atoms with Crippen LogP contribution in [-0.4, -0.2) is 56.4 Å². The third-order valence-corrected chi connectivity index (χ3v) is 2.61. The topological polar surface area (TPSA) is 60.1 Å². The maximum atomic E-state index is 5.99. The Bertz CT molecular complexity index is 220. The Hall–Kier alpha value is -0.810. The zero-order valence-electron chi connectivity index (χ0n) is 11.0. The molecule has 1 aliphatic rings. The quantitative estimate of drug-likeness (QED) is 0.370. The Kier molecular flexibility index (Phi) is 6.96. The fourth-order valence-electron chi connectivity index (χ4n) is 1.45. The van der Waals surface area contributed by atoms with Gasteiger partial charge in [-0.2, -0.15) is 0 Å². The van der Waals surface area contributed by atoms with Crippen molar-refractivity contribution >= 4 is 5.96 Å². The van der Waals surface area contributed by atoms with Crippen molar-refractivity contribution in [2.24, 2.45) is 10.7 Å². The molecule has 0 aromatic heterocycles. The Morgan fingerprint density at radius 2 is 1.71 bits per heavy atom. The maximum Gasteiger partial charge on any atom is 0.191 e. The third-order valence-electron chi connectivity index (χ3n) is 2.61. The first kappa shape index (κ1) is 14.3. The summed E-state index contributed by atoms with van der Waals surface area (Å²) in [6.07, 6.45) is 2.34. The highest BCUT2D eigenvalue weighted by Gasteiger charge is 2.21. The molecule has 0 aromatic carbocycles. The number of rotatable bonds is 9. The van der Waals surface area contributed by atoms with E-state index in [0.29, 0.717) is 25.2 Å². The smallest absolute Gasteiger partial charge is 0.191 e. The molecule has 0 spiro atoms. The van der Waals surface area contributed by atoms with Crippen molar-refractivity contribution in [3.8, 4) is 0 Å². The van der Waals surface area contributed by atoms with Gasteiger partial charge in [-0.25, -0.2) is 4.99 Å². The van der Waals surface area contributed by atoms with Crippen LogP contribution < -0.4 is 5.73 Å². The van der Waals surface area contributed by atoms with Crippen LogP contribution >= 0.6 is 0 Å². The second-order valence-corrected chi connectivity index (χ2v) is 4.10. The molecule has 17 heavy (non-hydrogen) atoms. The summed E-state index contributed by atoms with van der Waals surface area (Å²) >= 11 is 0. The predicted molar refractivity (Wildman–Crippen MR) is 69.2 cm³/mol. The van der Waals surface area contributed by atoms with Gasteiger partial charge in [0, 0.05) is 26.3 Å². The van der Waals surface area contributed by atoms with E-state index >= 15 is 0 Å². The largest absolute Gasteiger partial charge is 0.380 e. The number of hydrogen-bond acceptors (Lipinski definition) is 3. The summed E-state index contributed by atoms with van der Waals surface area (Å²) < 4.78 is 10.7. The minimum absolute atomic E-state index is 0.455. The molecule has 0 amide bonds. The average Bonchev–Trinajstić information content (AvgIpc) is 3.11. The van der Waals surface area contributed by atoms with Gasteiger partial charge in [0.2, 0.25) is 0 Å². The second-order valence-electron chi connectivity index (χ2n) is 4.10. The Balaban J connectivity index is 2.33. The Labute approximate surface area is 104 Å². The van der Waals surface area contributed by atoms with E-state index in [1.165, 1.54) is 12.8 Å². The molecule has 0 bridgehead atoms. The summed E-state index contributed by atoms with van der Waals surface area (Å²) in [7, 11) is 0. The van der Waals surface area contributed by atoms with Gasteiger partial charge in [0.05, 0.1) is 19.3 Å². The van der Waals surface area contributed by atoms with Crippen LogP contribution in [0.15, 0.2) is 4.99 Å². The minimum Gasteiger partial charge on any atom is -0.380 e. The lowest BCUT2D eigenvalue weighted by Crippen LogP contribution is -2.41. The second kappa shape index (κ2) is 8.31. The van der Waals surface area contributed by atoms with E-state index in [4.69, 9.17) is 15.2 Å². The Morgan fingerprint density at radius 1 is 1.18 bits per heavy atom. The van der Waals surface area contributed by atoms with Gasteiger partial charge >= 0.3 is 0 Å². The van der Waals surface area contributed by atoms with E-state index in [0.717, 1.165) is 26.3 Å². The van der Waals surface area contributed by atoms with E-state index in [-0.39, 0.29) is 0 Å². The first-order chi connectivity index (χ1) is 8.27. The van der Waals surface area contributed by atoms with Crippen LogP contribution in [0, 0.1) is 0 Å². The van der Waals surface area contributed by atoms with E-state index in [1.54, 1.807) is 0 Å². The van der Waals surface area contributed by atoms with Gasteiger partial charge in [-0.1, -0.05) is 0 Å². The Morgan fingerprint density at radius 3 is 2.12 bits per heavy atom. The number of ether oxygens (including phenoxy) is 2. The van der Waals surface area contributed by atoms with Crippen molar-refractivity contribution in [1.82, 2.24) is 4.90 Å². The molecule has 0 aliphatic heterocycles. The molecule has 0 atom stereocenters. The van der Waals surface area contributed by atoms with Crippen LogP contribution in [0.25, 0.3) is 0 Å². The summed E-state index contributed by atoms with van der Waals surface area (Å²) in [5.41, 5.74) is 5.99. The van der Waals surface area contributed by atoms with E-state index in [1.807, 2.05) is 18.7 Å². The molecule has 5 heteroatoms. The predicted octanol–water partition coefficient (Wildman–Crippen LogP) is 0.839. The van der Waals surface area contributed by atoms with Crippen molar-refractivity contribution in [3.63, 3.8) is 0 Å². The molecule has 1 saturated carbocycles. The van der Waals surface area contributed by atoms with Gasteiger partial charge < -0.3 is 20.1 Å². The number of nitrogens with two attached hydrogens (primary N) is 1. The number of nitrogens with zero attached hydrogens (tertiary/aromatic N) is 2. The van der Waals surface area contributed by atoms with Crippen molar-refractivity contribution in [1.29, 1.82) is 0 Å². The van der Waals surface area contributed by atoms with Gasteiger partial charge in [-0.3, -0.25) is 0 Å². The van der Waals surface area contributed by atoms with E-state index in [9.17, 15) is 0 Å². The normalized spacial score (nSPS) is 16.2. The lowest BCUT2D eigenvalue weighted by atomic mass is 10.5. The van der Waals surface area contributed by atoms with Crippen molar-refractivity contribution < 1.29 is 9.47 Å². The fourth-order valence-corrected chi connectivity index (χ4v) is 1.45. The van der Waals surface area contributed by atoms with Gasteiger partial charge in [0.25, 0.3) is 0 Å². The van der Waals surface area contributed by atoms with Crippen molar-refractivity contribution in [2.75, 3.05) is 39.5 Å². The van der Waals surface area contributed by atoms with Crippen LogP contribution in [0.1, 0.15) is 26.7 Å². The number of aliphatic imine (C=N–C) groups is 1. The molecule has 1 aliphatic carbocycles. The van der Waals surface area contributed by atoms with E-state index < -0.39 is 0 Å². The van der Waals surface area contributed by atoms with E-state index in [2.05, 4.69) is 4.99 Å². The zero-order valence-corrected chi connectivity index (χ0v) is 11.0. The first-order valence-corrected chi connectivity index (χ1v) is 6.51. The molecular weight excluding hydrogens is 218 g/mol. The molecular formula is C12H25N3O2. The highest BCUT2D eigenvalue weighted by atomic mass is 16.5. The standard InChI is InChI=1S/C12H25N3O2/c1-3-16-9-7-15(8-10-17-4-2)12(13)14-11-5-6-11/h11H,3-10H2,1-2H3,(H2,13,14). The summed E-state index contributed by atoms with van der Waals surface area (Å²) in [5, 5.41) is 0. The highest BCUT2D eigenvalue weighted by molar-refractivity contribution is 5.78. The summed E-state index contributed by atoms with van der Waals surface area (Å²) in [6.45, 7) is 8.38. The SMILES string of the molecule is CCOCCN(CCOCC)C(N)=NC1CC1. The van der Waals surface area contributed by atoms with Crippen LogP contribution in [0.2, 0.25) is 0 Å². The highest BCUT2D eigenvalue weighted by Crippen LogP contribution is 2.23. The van der Waals surface area contributed by atoms with Crippen molar-refractivity contribution in [2.45, 2.75) is 32.7 Å². The molecule has 2 N–H and O–H groups in total. The zero-order chi connectivity index (χ0) is 12.5. The van der Waals surface area contributed by atoms with Crippen LogP contribution in [0.4, 0.5) is 0 Å². The fraction of sp³-hybridized carbons (Fsp3) is 0.917. The van der Waals surface area contributed by atoms with Gasteiger partial charge in [-0.15, -0.1) is 0 Å². The number of hydrogen-bond donors (Lipinski definition) is 1. The van der Waals surface area contributed by atoms with Gasteiger partial charge in [-0.05, 0) is 26.7 Å². The van der Waals surface area contributed by atoms with Gasteiger partial charge in [0.1, 0.15) is 0 Å². The minimum atomic E-state index is 0.455. The molecule has 0 aromatic rings. The molecule has 1 fully saturated rings. The third kappa shape index (κ3) is 6.48. The molecule has 0 saturated heterocycles. The number of guanidine groups is 1. The monoisotopic (exact) mass is 243 g/mol. The lowest BCUT2D eigenvalue weighted by molar-refractivity contribution is 0.106. The summed E-state index contributed by atoms with van der Waals surface area (Å²) in [6, 6.07) is 0.455. The average molecular weight is 243 g/mol. The molecule has 5 nitrogen and oxygen atoms in total. The van der Waals surface area contributed by atoms with Crippen LogP contribution in [0.5, 0.6) is 0 Å². The van der Waals surface area contributed by atoms with Gasteiger partial charge in [0.15, 0.2) is 5.96 Å². The summed E-state index contributed by atoms with van der Waals surface area (Å²) in [4.78, 5) is 6.50. The molecule has 1 rings (SSSR count). The molecule has 0 heterocycles. The van der Waals surface area contributed by atoms with Crippen molar-refractivity contribution in [3.05, 3.63) is 0 Å². The molecule has 0 radical (unpaired) electrons. The molecule has 0 unspecified atom stereocenters. The van der Waals surface area contributed by atoms with Crippen LogP contribution in [-0.2, 0) is 9.47 Å². The van der Waals surface area contributed by atoms with Crippen LogP contribution in [0.3, 0.4) is 0 Å². The first-order valence-electron chi connectivity index (χ1n) is 6.51. The maximum absolute atomic E-state index is 5.99.